The van der Waals surface area contributed by atoms with E-state index >= 15 is 0 Å². The number of nitro benzene ring substituents is 1. The number of dihydropyridines is 1. The SMILES string of the molecule is CCC1=C(C(=O)OCCC#N)C(c2ccc([N+](=O)[O-])cc2)C(C(=O)OCc2ccccc2)=C(CC)N1. The molecule has 2 aromatic rings. The van der Waals surface area contributed by atoms with Crippen LogP contribution in [0.3, 0.4) is 0 Å². The molecule has 0 radical (unpaired) electrons. The highest BCUT2D eigenvalue weighted by molar-refractivity contribution is 6.00. The maximum absolute atomic E-state index is 13.5. The number of hydrogen-bond donors (Lipinski definition) is 1. The molecule has 3 rings (SSSR count). The largest absolute Gasteiger partial charge is 0.461 e. The van der Waals surface area contributed by atoms with Gasteiger partial charge in [0, 0.05) is 23.5 Å². The summed E-state index contributed by atoms with van der Waals surface area (Å²) in [6, 6.07) is 16.9. The van der Waals surface area contributed by atoms with Gasteiger partial charge in [0.05, 0.1) is 34.5 Å². The molecule has 0 bridgehead atoms. The lowest BCUT2D eigenvalue weighted by molar-refractivity contribution is -0.384. The first-order valence-corrected chi connectivity index (χ1v) is 11.6. The van der Waals surface area contributed by atoms with Crippen molar-refractivity contribution in [3.05, 3.63) is 98.4 Å². The van der Waals surface area contributed by atoms with Gasteiger partial charge in [-0.2, -0.15) is 5.26 Å². The number of benzene rings is 2. The van der Waals surface area contributed by atoms with E-state index in [9.17, 15) is 19.7 Å². The van der Waals surface area contributed by atoms with Crippen LogP contribution < -0.4 is 5.32 Å². The fourth-order valence-electron chi connectivity index (χ4n) is 4.04. The van der Waals surface area contributed by atoms with Gasteiger partial charge in [-0.05, 0) is 24.0 Å². The summed E-state index contributed by atoms with van der Waals surface area (Å²) < 4.78 is 11.0. The molecule has 1 aliphatic heterocycles. The molecule has 9 heteroatoms. The number of nitrogens with one attached hydrogen (secondary N) is 1. The standard InChI is InChI=1S/C27H27N3O6/c1-3-21-24(26(31)35-16-8-15-28)23(19-11-13-20(14-12-19)30(33)34)25(22(4-2)29-21)27(32)36-17-18-9-6-5-7-10-18/h5-7,9-14,23,29H,3-4,8,16-17H2,1-2H3. The Morgan fingerprint density at radius 2 is 1.56 bits per heavy atom. The van der Waals surface area contributed by atoms with E-state index in [1.807, 2.05) is 50.2 Å². The summed E-state index contributed by atoms with van der Waals surface area (Å²) in [5.74, 6) is -2.14. The smallest absolute Gasteiger partial charge is 0.337 e. The van der Waals surface area contributed by atoms with Gasteiger partial charge in [0.15, 0.2) is 0 Å². The molecule has 0 aliphatic carbocycles. The van der Waals surface area contributed by atoms with Crippen LogP contribution in [0.2, 0.25) is 0 Å². The van der Waals surface area contributed by atoms with Gasteiger partial charge < -0.3 is 14.8 Å². The number of allylic oxidation sites excluding steroid dienone is 2. The third-order valence-corrected chi connectivity index (χ3v) is 5.77. The molecule has 9 nitrogen and oxygen atoms in total. The van der Waals surface area contributed by atoms with Crippen molar-refractivity contribution in [1.82, 2.24) is 5.32 Å². The highest BCUT2D eigenvalue weighted by atomic mass is 16.6. The zero-order chi connectivity index (χ0) is 26.1. The van der Waals surface area contributed by atoms with Crippen molar-refractivity contribution in [3.8, 4) is 6.07 Å². The minimum absolute atomic E-state index is 0.0259. The predicted octanol–water partition coefficient (Wildman–Crippen LogP) is 4.81. The normalized spacial score (nSPS) is 15.1. The number of nitro groups is 1. The van der Waals surface area contributed by atoms with Gasteiger partial charge in [-0.15, -0.1) is 0 Å². The first-order chi connectivity index (χ1) is 17.4. The number of rotatable bonds is 10. The molecule has 36 heavy (non-hydrogen) atoms. The van der Waals surface area contributed by atoms with Crippen LogP contribution in [-0.2, 0) is 25.7 Å². The molecule has 0 amide bonds. The summed E-state index contributed by atoms with van der Waals surface area (Å²) in [7, 11) is 0. The molecule has 1 aliphatic rings. The van der Waals surface area contributed by atoms with Crippen molar-refractivity contribution < 1.29 is 24.0 Å². The van der Waals surface area contributed by atoms with E-state index in [0.29, 0.717) is 29.8 Å². The second-order valence-corrected chi connectivity index (χ2v) is 8.00. The number of esters is 2. The maximum Gasteiger partial charge on any atom is 0.337 e. The highest BCUT2D eigenvalue weighted by Gasteiger charge is 2.39. The van der Waals surface area contributed by atoms with Gasteiger partial charge >= 0.3 is 11.9 Å². The van der Waals surface area contributed by atoms with Crippen LogP contribution in [0.4, 0.5) is 5.69 Å². The van der Waals surface area contributed by atoms with Gasteiger partial charge in [0.2, 0.25) is 0 Å². The Kier molecular flexibility index (Phi) is 8.95. The Labute approximate surface area is 209 Å². The maximum atomic E-state index is 13.5. The summed E-state index contributed by atoms with van der Waals surface area (Å²) in [5.41, 5.74) is 2.84. The Morgan fingerprint density at radius 3 is 2.08 bits per heavy atom. The topological polar surface area (TPSA) is 132 Å². The van der Waals surface area contributed by atoms with Crippen LogP contribution >= 0.6 is 0 Å². The van der Waals surface area contributed by atoms with Gasteiger partial charge in [0.1, 0.15) is 13.2 Å². The lowest BCUT2D eigenvalue weighted by atomic mass is 9.79. The van der Waals surface area contributed by atoms with Crippen molar-refractivity contribution in [2.24, 2.45) is 0 Å². The Morgan fingerprint density at radius 1 is 0.972 bits per heavy atom. The fourth-order valence-corrected chi connectivity index (χ4v) is 4.04. The molecule has 1 heterocycles. The van der Waals surface area contributed by atoms with Crippen LogP contribution in [-0.4, -0.2) is 23.5 Å². The van der Waals surface area contributed by atoms with Gasteiger partial charge in [0.25, 0.3) is 5.69 Å². The summed E-state index contributed by atoms with van der Waals surface area (Å²) in [5, 5.41) is 23.3. The van der Waals surface area contributed by atoms with Crippen molar-refractivity contribution in [2.75, 3.05) is 6.61 Å². The van der Waals surface area contributed by atoms with Gasteiger partial charge in [-0.25, -0.2) is 9.59 Å². The molecular formula is C27H27N3O6. The van der Waals surface area contributed by atoms with Crippen molar-refractivity contribution in [1.29, 1.82) is 5.26 Å². The number of nitrogens with zero attached hydrogens (tertiary/aromatic N) is 2. The fraction of sp³-hybridized carbons (Fsp3) is 0.296. The van der Waals surface area contributed by atoms with Crippen LogP contribution in [0, 0.1) is 21.4 Å². The van der Waals surface area contributed by atoms with E-state index < -0.39 is 22.8 Å². The molecule has 0 spiro atoms. The van der Waals surface area contributed by atoms with E-state index in [1.165, 1.54) is 24.3 Å². The number of ether oxygens (including phenoxy) is 2. The van der Waals surface area contributed by atoms with Crippen molar-refractivity contribution >= 4 is 17.6 Å². The molecule has 186 valence electrons. The number of carbonyl (C=O) groups is 2. The molecule has 0 saturated heterocycles. The zero-order valence-electron chi connectivity index (χ0n) is 20.2. The van der Waals surface area contributed by atoms with Crippen LogP contribution in [0.15, 0.2) is 77.1 Å². The van der Waals surface area contributed by atoms with E-state index in [1.54, 1.807) is 0 Å². The molecule has 1 atom stereocenters. The average Bonchev–Trinajstić information content (AvgIpc) is 2.91. The van der Waals surface area contributed by atoms with Crippen LogP contribution in [0.1, 0.15) is 50.2 Å². The monoisotopic (exact) mass is 489 g/mol. The molecule has 0 fully saturated rings. The zero-order valence-corrected chi connectivity index (χ0v) is 20.2. The molecule has 0 saturated carbocycles. The lowest BCUT2D eigenvalue weighted by Crippen LogP contribution is -2.34. The van der Waals surface area contributed by atoms with Crippen LogP contribution in [0.5, 0.6) is 0 Å². The Bertz CT molecular complexity index is 1230. The molecule has 1 unspecified atom stereocenters. The van der Waals surface area contributed by atoms with Crippen molar-refractivity contribution in [2.45, 2.75) is 45.6 Å². The van der Waals surface area contributed by atoms with Crippen molar-refractivity contribution in [3.63, 3.8) is 0 Å². The Balaban J connectivity index is 2.08. The van der Waals surface area contributed by atoms with Gasteiger partial charge in [-0.1, -0.05) is 56.3 Å². The minimum atomic E-state index is -0.866. The first kappa shape index (κ1) is 26.2. The number of nitriles is 1. The summed E-state index contributed by atoms with van der Waals surface area (Å²) in [4.78, 5) is 37.4. The third-order valence-electron chi connectivity index (χ3n) is 5.77. The number of non-ortho nitro benzene ring substituents is 1. The minimum Gasteiger partial charge on any atom is -0.461 e. The molecule has 2 aromatic carbocycles. The average molecular weight is 490 g/mol. The second kappa shape index (κ2) is 12.3. The van der Waals surface area contributed by atoms with Crippen LogP contribution in [0.25, 0.3) is 0 Å². The predicted molar refractivity (Wildman–Crippen MR) is 131 cm³/mol. The lowest BCUT2D eigenvalue weighted by Gasteiger charge is -2.32. The van der Waals surface area contributed by atoms with Gasteiger partial charge in [-0.3, -0.25) is 10.1 Å². The van der Waals surface area contributed by atoms with E-state index in [-0.39, 0.29) is 36.5 Å². The first-order valence-electron chi connectivity index (χ1n) is 11.6. The third kappa shape index (κ3) is 5.96. The molecule has 1 N–H and O–H groups in total. The number of hydrogen-bond acceptors (Lipinski definition) is 8. The van der Waals surface area contributed by atoms with E-state index in [4.69, 9.17) is 14.7 Å². The number of carbonyl (C=O) groups excluding carboxylic acids is 2. The highest BCUT2D eigenvalue weighted by Crippen LogP contribution is 2.41. The second-order valence-electron chi connectivity index (χ2n) is 8.00. The van der Waals surface area contributed by atoms with E-state index in [2.05, 4.69) is 5.32 Å². The Hall–Kier alpha value is -4.45. The quantitative estimate of drug-likeness (QED) is 0.218. The molecular weight excluding hydrogens is 462 g/mol. The summed E-state index contributed by atoms with van der Waals surface area (Å²) in [6.45, 7) is 3.69. The van der Waals surface area contributed by atoms with E-state index in [0.717, 1.165) is 5.56 Å². The summed E-state index contributed by atoms with van der Waals surface area (Å²) in [6.07, 6.45) is 0.930. The molecule has 0 aromatic heterocycles. The summed E-state index contributed by atoms with van der Waals surface area (Å²) >= 11 is 0.